The molecule has 0 bridgehead atoms. The lowest BCUT2D eigenvalue weighted by Crippen LogP contribution is -2.51. The van der Waals surface area contributed by atoms with Crippen molar-refractivity contribution < 1.29 is 14.4 Å². The minimum Gasteiger partial charge on any atom is -0.356 e. The van der Waals surface area contributed by atoms with Crippen LogP contribution in [-0.4, -0.2) is 41.3 Å². The minimum absolute atomic E-state index is 0.0436. The second kappa shape index (κ2) is 10.7. The number of terminal acetylenes is 1. The fourth-order valence-corrected chi connectivity index (χ4v) is 4.48. The molecule has 2 heterocycles. The summed E-state index contributed by atoms with van der Waals surface area (Å²) in [5.74, 6) is 1.45. The van der Waals surface area contributed by atoms with Gasteiger partial charge in [-0.2, -0.15) is 0 Å². The van der Waals surface area contributed by atoms with Gasteiger partial charge >= 0.3 is 0 Å². The Morgan fingerprint density at radius 2 is 2.00 bits per heavy atom. The van der Waals surface area contributed by atoms with Crippen molar-refractivity contribution in [3.8, 4) is 12.3 Å². The van der Waals surface area contributed by atoms with E-state index in [4.69, 9.17) is 29.6 Å². The summed E-state index contributed by atoms with van der Waals surface area (Å²) in [5, 5.41) is 9.92. The summed E-state index contributed by atoms with van der Waals surface area (Å²) in [4.78, 5) is 41.3. The lowest BCUT2D eigenvalue weighted by molar-refractivity contribution is -0.128. The van der Waals surface area contributed by atoms with Crippen LogP contribution >= 0.6 is 23.2 Å². The van der Waals surface area contributed by atoms with Gasteiger partial charge in [0, 0.05) is 17.8 Å². The third kappa shape index (κ3) is 6.46. The molecule has 0 saturated carbocycles. The monoisotopic (exact) mass is 504 g/mol. The van der Waals surface area contributed by atoms with E-state index in [1.807, 2.05) is 20.8 Å². The van der Waals surface area contributed by atoms with E-state index in [9.17, 15) is 14.4 Å². The number of fused-ring (bicyclic) bond motifs is 1. The predicted octanol–water partition coefficient (Wildman–Crippen LogP) is 4.04. The Morgan fingerprint density at radius 1 is 1.26 bits per heavy atom. The van der Waals surface area contributed by atoms with Crippen molar-refractivity contribution in [3.05, 3.63) is 33.9 Å². The lowest BCUT2D eigenvalue weighted by Gasteiger charge is -2.28. The number of hydrogen-bond acceptors (Lipinski definition) is 3. The van der Waals surface area contributed by atoms with Crippen LogP contribution in [0.1, 0.15) is 56.9 Å². The number of nitrogens with one attached hydrogen (secondary N) is 4. The van der Waals surface area contributed by atoms with Gasteiger partial charge in [-0.15, -0.1) is 6.42 Å². The van der Waals surface area contributed by atoms with Crippen molar-refractivity contribution in [3.63, 3.8) is 0 Å². The number of piperidine rings is 1. The molecular formula is C25H30Cl2N4O3. The standard InChI is InChI=1S/C25H30Cl2N4O3/c1-5-16(11-15-7-6-10-28-22(15)32)29-24(34)19(13-25(2,3)4)31-23(33)18-12-14-8-9-17(26)20(27)21(14)30-18/h1,8-9,12,15-16,19,30H,6-7,10-11,13H2,2-4H3,(H,28,32)(H,29,34)(H,31,33)/t15-,16+,19?/m0/s1. The van der Waals surface area contributed by atoms with Crippen molar-refractivity contribution in [1.29, 1.82) is 0 Å². The van der Waals surface area contributed by atoms with E-state index < -0.39 is 18.0 Å². The third-order valence-electron chi connectivity index (χ3n) is 5.81. The van der Waals surface area contributed by atoms with Gasteiger partial charge in [0.05, 0.1) is 21.6 Å². The van der Waals surface area contributed by atoms with Gasteiger partial charge in [-0.1, -0.05) is 56.0 Å². The van der Waals surface area contributed by atoms with E-state index in [0.29, 0.717) is 34.9 Å². The number of rotatable bonds is 7. The summed E-state index contributed by atoms with van der Waals surface area (Å²) in [6.45, 7) is 6.60. The van der Waals surface area contributed by atoms with Gasteiger partial charge < -0.3 is 20.9 Å². The minimum atomic E-state index is -0.825. The summed E-state index contributed by atoms with van der Waals surface area (Å²) < 4.78 is 0. The first kappa shape index (κ1) is 25.9. The maximum Gasteiger partial charge on any atom is 0.268 e. The average molecular weight is 505 g/mol. The normalized spacial score (nSPS) is 18.0. The van der Waals surface area contributed by atoms with Gasteiger partial charge in [0.2, 0.25) is 11.8 Å². The topological polar surface area (TPSA) is 103 Å². The molecule has 3 amide bonds. The van der Waals surface area contributed by atoms with Crippen LogP contribution in [0.5, 0.6) is 0 Å². The zero-order chi connectivity index (χ0) is 25.0. The van der Waals surface area contributed by atoms with Crippen molar-refractivity contribution in [2.45, 2.75) is 58.5 Å². The quantitative estimate of drug-likeness (QED) is 0.427. The smallest absolute Gasteiger partial charge is 0.268 e. The zero-order valence-electron chi connectivity index (χ0n) is 19.6. The number of H-pyrrole nitrogens is 1. The second-order valence-electron chi connectivity index (χ2n) is 9.89. The van der Waals surface area contributed by atoms with Gasteiger partial charge in [-0.25, -0.2) is 0 Å². The summed E-state index contributed by atoms with van der Waals surface area (Å²) in [6.07, 6.45) is 8.01. The number of aromatic nitrogens is 1. The summed E-state index contributed by atoms with van der Waals surface area (Å²) in [5.41, 5.74) is 0.564. The Hall–Kier alpha value is -2.69. The van der Waals surface area contributed by atoms with Crippen molar-refractivity contribution in [2.24, 2.45) is 11.3 Å². The van der Waals surface area contributed by atoms with Crippen LogP contribution in [0.25, 0.3) is 10.9 Å². The Labute approximate surface area is 209 Å². The first-order valence-electron chi connectivity index (χ1n) is 11.3. The number of amides is 3. The van der Waals surface area contributed by atoms with Gasteiger partial charge in [0.15, 0.2) is 0 Å². The van der Waals surface area contributed by atoms with Gasteiger partial charge in [0.1, 0.15) is 11.7 Å². The summed E-state index contributed by atoms with van der Waals surface area (Å²) in [6, 6.07) is 3.63. The largest absolute Gasteiger partial charge is 0.356 e. The molecule has 0 radical (unpaired) electrons. The van der Waals surface area contributed by atoms with E-state index in [2.05, 4.69) is 26.9 Å². The molecule has 3 rings (SSSR count). The first-order valence-corrected chi connectivity index (χ1v) is 12.1. The first-order chi connectivity index (χ1) is 16.0. The van der Waals surface area contributed by atoms with E-state index >= 15 is 0 Å². The molecule has 2 aromatic rings. The third-order valence-corrected chi connectivity index (χ3v) is 6.61. The molecule has 0 aliphatic carbocycles. The van der Waals surface area contributed by atoms with Crippen LogP contribution in [0.15, 0.2) is 18.2 Å². The predicted molar refractivity (Wildman–Crippen MR) is 135 cm³/mol. The van der Waals surface area contributed by atoms with Gasteiger partial charge in [-0.3, -0.25) is 14.4 Å². The van der Waals surface area contributed by atoms with Crippen LogP contribution < -0.4 is 16.0 Å². The van der Waals surface area contributed by atoms with Crippen molar-refractivity contribution >= 4 is 51.8 Å². The number of benzene rings is 1. The Kier molecular flexibility index (Phi) is 8.17. The number of hydrogen-bond donors (Lipinski definition) is 4. The van der Waals surface area contributed by atoms with E-state index in [-0.39, 0.29) is 28.8 Å². The Morgan fingerprint density at radius 3 is 2.65 bits per heavy atom. The molecule has 1 aliphatic rings. The molecule has 1 saturated heterocycles. The Balaban J connectivity index is 1.74. The molecule has 1 aliphatic heterocycles. The highest BCUT2D eigenvalue weighted by Gasteiger charge is 2.30. The molecule has 1 aromatic carbocycles. The molecule has 1 aromatic heterocycles. The molecule has 34 heavy (non-hydrogen) atoms. The van der Waals surface area contributed by atoms with Crippen molar-refractivity contribution in [2.75, 3.05) is 6.54 Å². The fourth-order valence-electron chi connectivity index (χ4n) is 4.10. The SMILES string of the molecule is C#C[C@H](C[C@@H]1CCCNC1=O)NC(=O)C(CC(C)(C)C)NC(=O)c1cc2ccc(Cl)c(Cl)c2[nH]1. The molecule has 4 N–H and O–H groups in total. The number of aromatic amines is 1. The van der Waals surface area contributed by atoms with Gasteiger partial charge in [-0.05, 0) is 43.2 Å². The number of halogens is 2. The molecule has 9 heteroatoms. The lowest BCUT2D eigenvalue weighted by atomic mass is 9.87. The van der Waals surface area contributed by atoms with Crippen LogP contribution in [0, 0.1) is 23.7 Å². The maximum absolute atomic E-state index is 13.2. The average Bonchev–Trinajstić information content (AvgIpc) is 3.21. The molecule has 7 nitrogen and oxygen atoms in total. The molecular weight excluding hydrogens is 475 g/mol. The summed E-state index contributed by atoms with van der Waals surface area (Å²) in [7, 11) is 0. The molecule has 1 fully saturated rings. The second-order valence-corrected chi connectivity index (χ2v) is 10.7. The van der Waals surface area contributed by atoms with E-state index in [1.165, 1.54) is 0 Å². The highest BCUT2D eigenvalue weighted by molar-refractivity contribution is 6.45. The zero-order valence-corrected chi connectivity index (χ0v) is 21.1. The highest BCUT2D eigenvalue weighted by atomic mass is 35.5. The van der Waals surface area contributed by atoms with Crippen molar-refractivity contribution in [1.82, 2.24) is 20.9 Å². The Bertz CT molecular complexity index is 1130. The van der Waals surface area contributed by atoms with Crippen LogP contribution in [0.3, 0.4) is 0 Å². The summed E-state index contributed by atoms with van der Waals surface area (Å²) >= 11 is 12.3. The molecule has 1 unspecified atom stereocenters. The molecule has 0 spiro atoms. The molecule has 182 valence electrons. The fraction of sp³-hybridized carbons (Fsp3) is 0.480. The van der Waals surface area contributed by atoms with Gasteiger partial charge in [0.25, 0.3) is 5.91 Å². The maximum atomic E-state index is 13.2. The number of carbonyl (C=O) groups is 3. The van der Waals surface area contributed by atoms with E-state index in [0.717, 1.165) is 18.2 Å². The van der Waals surface area contributed by atoms with E-state index in [1.54, 1.807) is 18.2 Å². The highest BCUT2D eigenvalue weighted by Crippen LogP contribution is 2.31. The molecule has 3 atom stereocenters. The van der Waals surface area contributed by atoms with Crippen LogP contribution in [-0.2, 0) is 9.59 Å². The number of carbonyl (C=O) groups excluding carboxylic acids is 3. The van der Waals surface area contributed by atoms with Crippen LogP contribution in [0.4, 0.5) is 0 Å². The van der Waals surface area contributed by atoms with Crippen LogP contribution in [0.2, 0.25) is 10.0 Å².